The zero-order chi connectivity index (χ0) is 16.2. The quantitative estimate of drug-likeness (QED) is 0.802. The van der Waals surface area contributed by atoms with E-state index in [1.807, 2.05) is 6.07 Å². The molecule has 1 aromatic heterocycles. The second kappa shape index (κ2) is 6.93. The number of carbonyl (C=O) groups excluding carboxylic acids is 1. The first-order valence-electron chi connectivity index (χ1n) is 6.40. The molecule has 2 N–H and O–H groups in total. The van der Waals surface area contributed by atoms with Crippen LogP contribution >= 0.6 is 27.3 Å². The molecular weight excluding hydrogens is 370 g/mol. The molecule has 0 radical (unpaired) electrons. The molecule has 0 saturated carbocycles. The Kier molecular flexibility index (Phi) is 5.20. The molecule has 22 heavy (non-hydrogen) atoms. The predicted octanol–water partition coefficient (Wildman–Crippen LogP) is 3.16. The summed E-state index contributed by atoms with van der Waals surface area (Å²) in [6.45, 7) is 1.24. The van der Waals surface area contributed by atoms with Crippen molar-refractivity contribution < 1.29 is 19.4 Å². The van der Waals surface area contributed by atoms with Gasteiger partial charge in [0.25, 0.3) is 5.91 Å². The van der Waals surface area contributed by atoms with E-state index in [9.17, 15) is 14.7 Å². The fraction of sp³-hybridized carbons (Fsp3) is 0.200. The molecule has 0 bridgehead atoms. The third-order valence-corrected chi connectivity index (χ3v) is 4.55. The summed E-state index contributed by atoms with van der Waals surface area (Å²) in [5.41, 5.74) is -1.52. The largest absolute Gasteiger partial charge is 0.491 e. The zero-order valence-electron chi connectivity index (χ0n) is 11.7. The van der Waals surface area contributed by atoms with Crippen LogP contribution in [0.5, 0.6) is 5.75 Å². The number of para-hydroxylation sites is 1. The molecule has 1 aromatic carbocycles. The Morgan fingerprint density at radius 3 is 2.50 bits per heavy atom. The maximum Gasteiger partial charge on any atom is 0.332 e. The van der Waals surface area contributed by atoms with Crippen LogP contribution in [0.3, 0.4) is 0 Å². The number of aliphatic carboxylic acids is 1. The van der Waals surface area contributed by atoms with Crippen LogP contribution in [-0.4, -0.2) is 29.1 Å². The van der Waals surface area contributed by atoms with Gasteiger partial charge in [-0.2, -0.15) is 0 Å². The summed E-state index contributed by atoms with van der Waals surface area (Å²) >= 11 is 4.50. The van der Waals surface area contributed by atoms with Crippen molar-refractivity contribution in [1.82, 2.24) is 5.32 Å². The van der Waals surface area contributed by atoms with Crippen LogP contribution in [-0.2, 0) is 4.79 Å². The first-order chi connectivity index (χ1) is 10.4. The molecule has 7 heteroatoms. The Labute approximate surface area is 140 Å². The van der Waals surface area contributed by atoms with Gasteiger partial charge < -0.3 is 15.2 Å². The zero-order valence-corrected chi connectivity index (χ0v) is 14.1. The van der Waals surface area contributed by atoms with Gasteiger partial charge in [0.15, 0.2) is 5.54 Å². The third kappa shape index (κ3) is 4.08. The molecule has 0 saturated heterocycles. The fourth-order valence-corrected chi connectivity index (χ4v) is 2.93. The molecule has 0 spiro atoms. The third-order valence-electron chi connectivity index (χ3n) is 2.93. The summed E-state index contributed by atoms with van der Waals surface area (Å²) in [6, 6.07) is 12.2. The number of thiophene rings is 1. The molecule has 1 atom stereocenters. The Hall–Kier alpha value is -1.86. The number of carboxylic acid groups (broad SMARTS) is 1. The minimum atomic E-state index is -1.52. The average Bonchev–Trinajstić information content (AvgIpc) is 2.93. The molecule has 1 heterocycles. The van der Waals surface area contributed by atoms with Crippen LogP contribution in [0.2, 0.25) is 0 Å². The number of carboxylic acids is 1. The average molecular weight is 384 g/mol. The second-order valence-corrected chi connectivity index (χ2v) is 7.26. The molecule has 0 fully saturated rings. The first kappa shape index (κ1) is 16.5. The summed E-state index contributed by atoms with van der Waals surface area (Å²) in [4.78, 5) is 24.1. The highest BCUT2D eigenvalue weighted by atomic mass is 79.9. The maximum atomic E-state index is 12.1. The minimum absolute atomic E-state index is 0.176. The summed E-state index contributed by atoms with van der Waals surface area (Å²) in [5.74, 6) is -1.06. The van der Waals surface area contributed by atoms with E-state index in [4.69, 9.17) is 4.74 Å². The van der Waals surface area contributed by atoms with E-state index in [1.54, 1.807) is 36.4 Å². The summed E-state index contributed by atoms with van der Waals surface area (Å²) in [7, 11) is 0. The van der Waals surface area contributed by atoms with Gasteiger partial charge in [-0.1, -0.05) is 18.2 Å². The highest BCUT2D eigenvalue weighted by Crippen LogP contribution is 2.22. The summed E-state index contributed by atoms with van der Waals surface area (Å²) in [6.07, 6.45) is 0. The van der Waals surface area contributed by atoms with Gasteiger partial charge in [0.05, 0.1) is 8.66 Å². The van der Waals surface area contributed by atoms with Gasteiger partial charge in [-0.3, -0.25) is 4.79 Å². The Bertz CT molecular complexity index is 673. The summed E-state index contributed by atoms with van der Waals surface area (Å²) < 4.78 is 6.27. The van der Waals surface area contributed by atoms with Crippen molar-refractivity contribution in [3.8, 4) is 5.75 Å². The van der Waals surface area contributed by atoms with Gasteiger partial charge in [-0.25, -0.2) is 4.79 Å². The van der Waals surface area contributed by atoms with Crippen molar-refractivity contribution >= 4 is 39.1 Å². The van der Waals surface area contributed by atoms with Crippen LogP contribution in [0, 0.1) is 0 Å². The molecule has 0 aliphatic carbocycles. The maximum absolute atomic E-state index is 12.1. The lowest BCUT2D eigenvalue weighted by Gasteiger charge is -2.26. The van der Waals surface area contributed by atoms with Crippen molar-refractivity contribution in [2.75, 3.05) is 6.61 Å². The number of hydrogen-bond acceptors (Lipinski definition) is 4. The van der Waals surface area contributed by atoms with E-state index in [-0.39, 0.29) is 6.61 Å². The van der Waals surface area contributed by atoms with Crippen molar-refractivity contribution in [2.45, 2.75) is 12.5 Å². The number of nitrogens with one attached hydrogen (secondary N) is 1. The van der Waals surface area contributed by atoms with Gasteiger partial charge in [-0.15, -0.1) is 11.3 Å². The van der Waals surface area contributed by atoms with E-state index in [0.29, 0.717) is 10.6 Å². The number of rotatable bonds is 6. The van der Waals surface area contributed by atoms with Gasteiger partial charge >= 0.3 is 5.97 Å². The van der Waals surface area contributed by atoms with Crippen molar-refractivity contribution in [1.29, 1.82) is 0 Å². The van der Waals surface area contributed by atoms with E-state index < -0.39 is 17.4 Å². The molecule has 116 valence electrons. The number of halogens is 1. The van der Waals surface area contributed by atoms with Gasteiger partial charge in [-0.05, 0) is 47.1 Å². The van der Waals surface area contributed by atoms with Crippen LogP contribution in [0.1, 0.15) is 16.6 Å². The molecular formula is C15H14BrNO4S. The van der Waals surface area contributed by atoms with Gasteiger partial charge in [0.1, 0.15) is 12.4 Å². The lowest BCUT2D eigenvalue weighted by atomic mass is 10.0. The van der Waals surface area contributed by atoms with Gasteiger partial charge in [0.2, 0.25) is 0 Å². The second-order valence-electron chi connectivity index (χ2n) is 4.80. The smallest absolute Gasteiger partial charge is 0.332 e. The summed E-state index contributed by atoms with van der Waals surface area (Å²) in [5, 5.41) is 11.9. The predicted molar refractivity (Wildman–Crippen MR) is 87.5 cm³/mol. The number of hydrogen-bond donors (Lipinski definition) is 2. The van der Waals surface area contributed by atoms with Gasteiger partial charge in [0, 0.05) is 0 Å². The highest BCUT2D eigenvalue weighted by Gasteiger charge is 2.36. The molecule has 0 unspecified atom stereocenters. The van der Waals surface area contributed by atoms with Crippen LogP contribution in [0.15, 0.2) is 46.3 Å². The number of ether oxygens (including phenoxy) is 1. The normalized spacial score (nSPS) is 13.2. The molecule has 2 rings (SSSR count). The number of amides is 1. The lowest BCUT2D eigenvalue weighted by Crippen LogP contribution is -2.56. The number of carbonyl (C=O) groups is 2. The minimum Gasteiger partial charge on any atom is -0.491 e. The highest BCUT2D eigenvalue weighted by molar-refractivity contribution is 9.11. The standard InChI is InChI=1S/C15H14BrNO4S/c1-15(14(19)20,9-21-10-5-3-2-4-6-10)17-13(18)11-7-8-12(16)22-11/h2-8H,9H2,1H3,(H,17,18)(H,19,20)/t15-/m0/s1. The van der Waals surface area contributed by atoms with E-state index >= 15 is 0 Å². The Balaban J connectivity index is 2.07. The Morgan fingerprint density at radius 2 is 1.95 bits per heavy atom. The van der Waals surface area contributed by atoms with Crippen LogP contribution in [0.25, 0.3) is 0 Å². The van der Waals surface area contributed by atoms with Crippen molar-refractivity contribution in [3.63, 3.8) is 0 Å². The van der Waals surface area contributed by atoms with Crippen LogP contribution in [0.4, 0.5) is 0 Å². The number of benzene rings is 1. The monoisotopic (exact) mass is 383 g/mol. The topological polar surface area (TPSA) is 75.6 Å². The first-order valence-corrected chi connectivity index (χ1v) is 8.01. The molecule has 2 aromatic rings. The van der Waals surface area contributed by atoms with Crippen molar-refractivity contribution in [2.24, 2.45) is 0 Å². The molecule has 5 nitrogen and oxygen atoms in total. The van der Waals surface area contributed by atoms with E-state index in [0.717, 1.165) is 3.79 Å². The fourth-order valence-electron chi connectivity index (χ4n) is 1.64. The lowest BCUT2D eigenvalue weighted by molar-refractivity contribution is -0.145. The van der Waals surface area contributed by atoms with Crippen molar-refractivity contribution in [3.05, 3.63) is 51.1 Å². The van der Waals surface area contributed by atoms with E-state index in [1.165, 1.54) is 18.3 Å². The van der Waals surface area contributed by atoms with Crippen LogP contribution < -0.4 is 10.1 Å². The molecule has 0 aliphatic rings. The molecule has 0 aliphatic heterocycles. The Morgan fingerprint density at radius 1 is 1.27 bits per heavy atom. The molecule has 1 amide bonds. The SMILES string of the molecule is C[C@@](COc1ccccc1)(NC(=O)c1ccc(Br)s1)C(=O)O. The van der Waals surface area contributed by atoms with E-state index in [2.05, 4.69) is 21.2 Å².